The molecular weight excluding hydrogens is 369 g/mol. The SMILES string of the molecule is CC(C)CCCCCSP(O)SCCCCCC(C)C.[Zn]. The summed E-state index contributed by atoms with van der Waals surface area (Å²) in [5.41, 5.74) is 0. The van der Waals surface area contributed by atoms with Crippen LogP contribution in [-0.4, -0.2) is 16.4 Å². The van der Waals surface area contributed by atoms with Crippen molar-refractivity contribution in [3.8, 4) is 0 Å². The molecule has 0 spiro atoms. The van der Waals surface area contributed by atoms with E-state index in [2.05, 4.69) is 27.7 Å². The fraction of sp³-hybridized carbons (Fsp3) is 1.00. The molecule has 0 fully saturated rings. The third-order valence-electron chi connectivity index (χ3n) is 3.26. The minimum Gasteiger partial charge on any atom is -0.355 e. The molecule has 0 heterocycles. The molecule has 0 aliphatic carbocycles. The summed E-state index contributed by atoms with van der Waals surface area (Å²) < 4.78 is 0. The maximum Gasteiger partial charge on any atom is 0.149 e. The van der Waals surface area contributed by atoms with Crippen molar-refractivity contribution < 1.29 is 24.4 Å². The van der Waals surface area contributed by atoms with Crippen LogP contribution in [0.2, 0.25) is 0 Å². The van der Waals surface area contributed by atoms with Gasteiger partial charge in [-0.05, 0) is 24.7 Å². The molecule has 5 heteroatoms. The number of hydrogen-bond acceptors (Lipinski definition) is 3. The molecular formula is C16H35OPS2Zn. The molecule has 0 radical (unpaired) electrons. The maximum atomic E-state index is 9.93. The van der Waals surface area contributed by atoms with Gasteiger partial charge in [-0.2, -0.15) is 0 Å². The fourth-order valence-corrected chi connectivity index (χ4v) is 6.99. The fourth-order valence-electron chi connectivity index (χ4n) is 1.99. The van der Waals surface area contributed by atoms with E-state index in [4.69, 9.17) is 0 Å². The molecule has 0 saturated heterocycles. The summed E-state index contributed by atoms with van der Waals surface area (Å²) in [4.78, 5) is 9.93. The van der Waals surface area contributed by atoms with Crippen molar-refractivity contribution in [1.82, 2.24) is 0 Å². The van der Waals surface area contributed by atoms with Gasteiger partial charge < -0.3 is 4.89 Å². The van der Waals surface area contributed by atoms with Gasteiger partial charge in [-0.1, -0.05) is 89.0 Å². The zero-order valence-corrected chi connectivity index (χ0v) is 20.1. The zero-order chi connectivity index (χ0) is 15.2. The molecule has 0 aliphatic rings. The molecule has 0 amide bonds. The monoisotopic (exact) mass is 402 g/mol. The van der Waals surface area contributed by atoms with Crippen LogP contribution in [0.25, 0.3) is 0 Å². The first-order valence-electron chi connectivity index (χ1n) is 8.27. The van der Waals surface area contributed by atoms with Crippen LogP contribution in [0.4, 0.5) is 0 Å². The van der Waals surface area contributed by atoms with Gasteiger partial charge in [0.2, 0.25) is 0 Å². The molecule has 0 unspecified atom stereocenters. The standard InChI is InChI=1S/C16H35OPS2.Zn/c1-15(2)11-7-5-9-13-19-18(17)20-14-10-6-8-12-16(3)4;/h15-17H,5-14H2,1-4H3;. The molecule has 0 aliphatic heterocycles. The van der Waals surface area contributed by atoms with Crippen molar-refractivity contribution in [3.05, 3.63) is 0 Å². The van der Waals surface area contributed by atoms with Crippen molar-refractivity contribution in [2.45, 2.75) is 79.1 Å². The van der Waals surface area contributed by atoms with Crippen LogP contribution >= 0.6 is 29.3 Å². The van der Waals surface area contributed by atoms with Crippen molar-refractivity contribution >= 4 is 29.3 Å². The van der Waals surface area contributed by atoms with E-state index in [0.717, 1.165) is 23.3 Å². The molecule has 0 atom stereocenters. The van der Waals surface area contributed by atoms with E-state index in [-0.39, 0.29) is 19.5 Å². The molecule has 0 saturated carbocycles. The average Bonchev–Trinajstić information content (AvgIpc) is 2.37. The first-order chi connectivity index (χ1) is 9.52. The van der Waals surface area contributed by atoms with E-state index >= 15 is 0 Å². The van der Waals surface area contributed by atoms with Gasteiger partial charge in [0.05, 0.1) is 0 Å². The summed E-state index contributed by atoms with van der Waals surface area (Å²) in [6.07, 6.45) is 10.6. The molecule has 21 heavy (non-hydrogen) atoms. The largest absolute Gasteiger partial charge is 0.355 e. The molecule has 0 aromatic rings. The van der Waals surface area contributed by atoms with Crippen LogP contribution in [0.1, 0.15) is 79.1 Å². The molecule has 0 aromatic heterocycles. The Kier molecular flexibility index (Phi) is 21.5. The second-order valence-corrected chi connectivity index (χ2v) is 12.5. The minimum atomic E-state index is -0.814. The van der Waals surface area contributed by atoms with Crippen molar-refractivity contribution in [2.24, 2.45) is 11.8 Å². The topological polar surface area (TPSA) is 20.2 Å². The first kappa shape index (κ1) is 25.0. The molecule has 0 rings (SSSR count). The summed E-state index contributed by atoms with van der Waals surface area (Å²) in [6, 6.07) is 0. The van der Waals surface area contributed by atoms with Crippen molar-refractivity contribution in [1.29, 1.82) is 0 Å². The van der Waals surface area contributed by atoms with E-state index in [1.54, 1.807) is 22.8 Å². The van der Waals surface area contributed by atoms with Gasteiger partial charge in [0, 0.05) is 31.0 Å². The zero-order valence-electron chi connectivity index (χ0n) is 14.6. The van der Waals surface area contributed by atoms with E-state index in [9.17, 15) is 4.89 Å². The Bertz CT molecular complexity index is 187. The molecule has 0 aromatic carbocycles. The summed E-state index contributed by atoms with van der Waals surface area (Å²) >= 11 is 3.57. The Morgan fingerprint density at radius 2 is 1.10 bits per heavy atom. The van der Waals surface area contributed by atoms with Gasteiger partial charge in [0.25, 0.3) is 0 Å². The Morgan fingerprint density at radius 1 is 0.714 bits per heavy atom. The molecule has 1 N–H and O–H groups in total. The average molecular weight is 404 g/mol. The Morgan fingerprint density at radius 3 is 1.43 bits per heavy atom. The predicted octanol–water partition coefficient (Wildman–Crippen LogP) is 7.10. The van der Waals surface area contributed by atoms with Crippen LogP contribution in [-0.2, 0) is 19.5 Å². The normalized spacial score (nSPS) is 11.4. The van der Waals surface area contributed by atoms with E-state index in [0.29, 0.717) is 0 Å². The third kappa shape index (κ3) is 21.7. The summed E-state index contributed by atoms with van der Waals surface area (Å²) in [5, 5.41) is 0. The minimum absolute atomic E-state index is 0. The number of unbranched alkanes of at least 4 members (excludes halogenated alkanes) is 4. The van der Waals surface area contributed by atoms with Gasteiger partial charge in [0.1, 0.15) is 6.55 Å². The van der Waals surface area contributed by atoms with Gasteiger partial charge in [-0.15, -0.1) is 0 Å². The van der Waals surface area contributed by atoms with Crippen LogP contribution in [0.3, 0.4) is 0 Å². The van der Waals surface area contributed by atoms with Crippen LogP contribution in [0.5, 0.6) is 0 Å². The second-order valence-electron chi connectivity index (χ2n) is 6.39. The van der Waals surface area contributed by atoms with Crippen molar-refractivity contribution in [3.63, 3.8) is 0 Å². The van der Waals surface area contributed by atoms with Crippen LogP contribution in [0, 0.1) is 11.8 Å². The van der Waals surface area contributed by atoms with Crippen LogP contribution < -0.4 is 0 Å². The van der Waals surface area contributed by atoms with Gasteiger partial charge >= 0.3 is 0 Å². The van der Waals surface area contributed by atoms with Gasteiger partial charge in [-0.25, -0.2) is 0 Å². The first-order valence-corrected chi connectivity index (χ1v) is 12.7. The van der Waals surface area contributed by atoms with E-state index in [1.807, 2.05) is 0 Å². The third-order valence-corrected chi connectivity index (χ3v) is 8.96. The molecule has 0 bridgehead atoms. The van der Waals surface area contributed by atoms with E-state index in [1.165, 1.54) is 51.4 Å². The Labute approximate surface area is 155 Å². The Hall–Kier alpha value is 1.71. The smallest absolute Gasteiger partial charge is 0.149 e. The second kappa shape index (κ2) is 18.1. The van der Waals surface area contributed by atoms with Crippen LogP contribution in [0.15, 0.2) is 0 Å². The molecule has 124 valence electrons. The predicted molar refractivity (Wildman–Crippen MR) is 101 cm³/mol. The van der Waals surface area contributed by atoms with Gasteiger partial charge in [0.15, 0.2) is 0 Å². The quantitative estimate of drug-likeness (QED) is 0.190. The molecule has 1 nitrogen and oxygen atoms in total. The summed E-state index contributed by atoms with van der Waals surface area (Å²) in [6.45, 7) is 8.35. The number of hydrogen-bond donors (Lipinski definition) is 1. The van der Waals surface area contributed by atoms with Crippen molar-refractivity contribution in [2.75, 3.05) is 11.5 Å². The Balaban J connectivity index is 0. The van der Waals surface area contributed by atoms with E-state index < -0.39 is 6.55 Å². The maximum absolute atomic E-state index is 9.93. The summed E-state index contributed by atoms with van der Waals surface area (Å²) in [7, 11) is 0. The number of rotatable bonds is 14. The van der Waals surface area contributed by atoms with Gasteiger partial charge in [-0.3, -0.25) is 0 Å². The summed E-state index contributed by atoms with van der Waals surface area (Å²) in [5.74, 6) is 3.95.